The second-order valence-electron chi connectivity index (χ2n) is 2.52. The van der Waals surface area contributed by atoms with Crippen LogP contribution in [0, 0.1) is 0 Å². The molecule has 0 saturated carbocycles. The molecule has 0 radical (unpaired) electrons. The van der Waals surface area contributed by atoms with Crippen molar-refractivity contribution in [3.05, 3.63) is 6.20 Å². The average Bonchev–Trinajstić information content (AvgIpc) is 2.62. The molecule has 0 aliphatic carbocycles. The largest absolute Gasteiger partial charge is 0.383 e. The van der Waals surface area contributed by atoms with E-state index in [4.69, 9.17) is 16.0 Å². The summed E-state index contributed by atoms with van der Waals surface area (Å²) in [7, 11) is 1.72. The fourth-order valence-corrected chi connectivity index (χ4v) is 0.956. The van der Waals surface area contributed by atoms with Crippen LogP contribution < -0.4 is 11.5 Å². The Kier molecular flexibility index (Phi) is 1.44. The lowest BCUT2D eigenvalue weighted by Gasteiger charge is -1.93. The van der Waals surface area contributed by atoms with E-state index in [1.54, 1.807) is 13.2 Å². The number of nitrogens with two attached hydrogens (primary N) is 2. The van der Waals surface area contributed by atoms with E-state index in [0.29, 0.717) is 11.4 Å². The molecule has 0 spiro atoms. The zero-order valence-electron chi connectivity index (χ0n) is 6.93. The molecule has 0 amide bonds. The van der Waals surface area contributed by atoms with Crippen LogP contribution in [0.5, 0.6) is 0 Å². The fraction of sp³-hybridized carbons (Fsp3) is 0.167. The number of nitrogens with zero attached hydrogens (tertiary/aromatic N) is 4. The lowest BCUT2D eigenvalue weighted by molar-refractivity contribution is 0.433. The minimum Gasteiger partial charge on any atom is -0.383 e. The summed E-state index contributed by atoms with van der Waals surface area (Å²) >= 11 is 0. The molecule has 0 unspecified atom stereocenters. The molecule has 0 fully saturated rings. The first-order valence-corrected chi connectivity index (χ1v) is 3.55. The number of aromatic nitrogens is 4. The summed E-state index contributed by atoms with van der Waals surface area (Å²) in [6.07, 6.45) is 1.54. The van der Waals surface area contributed by atoms with Gasteiger partial charge in [0.15, 0.2) is 0 Å². The molecular weight excluding hydrogens is 172 g/mol. The van der Waals surface area contributed by atoms with Gasteiger partial charge < -0.3 is 16.0 Å². The first kappa shape index (κ1) is 7.59. The zero-order chi connectivity index (χ0) is 9.42. The van der Waals surface area contributed by atoms with Gasteiger partial charge in [-0.25, -0.2) is 0 Å². The van der Waals surface area contributed by atoms with Gasteiger partial charge in [-0.15, -0.1) is 0 Å². The quantitative estimate of drug-likeness (QED) is 0.620. The molecule has 2 aromatic heterocycles. The summed E-state index contributed by atoms with van der Waals surface area (Å²) in [5.41, 5.74) is 11.6. The maximum atomic E-state index is 5.68. The van der Waals surface area contributed by atoms with Crippen LogP contribution in [0.25, 0.3) is 11.5 Å². The number of aryl methyl sites for hydroxylation is 1. The van der Waals surface area contributed by atoms with Gasteiger partial charge in [-0.3, -0.25) is 4.68 Å². The molecule has 0 aliphatic heterocycles. The van der Waals surface area contributed by atoms with Crippen molar-refractivity contribution in [3.63, 3.8) is 0 Å². The van der Waals surface area contributed by atoms with E-state index in [9.17, 15) is 0 Å². The second-order valence-corrected chi connectivity index (χ2v) is 2.52. The lowest BCUT2D eigenvalue weighted by atomic mass is 10.3. The van der Waals surface area contributed by atoms with Gasteiger partial charge in [-0.05, 0) is 5.16 Å². The summed E-state index contributed by atoms with van der Waals surface area (Å²) in [5, 5.41) is 7.37. The van der Waals surface area contributed by atoms with E-state index in [2.05, 4.69) is 15.2 Å². The summed E-state index contributed by atoms with van der Waals surface area (Å²) in [6.45, 7) is 0. The third kappa shape index (κ3) is 1.10. The molecule has 0 aromatic carbocycles. The van der Waals surface area contributed by atoms with Crippen molar-refractivity contribution in [1.29, 1.82) is 0 Å². The van der Waals surface area contributed by atoms with Crippen molar-refractivity contribution in [3.8, 4) is 11.5 Å². The average molecular weight is 180 g/mol. The molecule has 4 N–H and O–H groups in total. The molecule has 0 saturated heterocycles. The summed E-state index contributed by atoms with van der Waals surface area (Å²) in [4.78, 5) is 3.82. The Morgan fingerprint density at radius 3 is 2.69 bits per heavy atom. The van der Waals surface area contributed by atoms with E-state index < -0.39 is 0 Å². The van der Waals surface area contributed by atoms with Crippen molar-refractivity contribution in [1.82, 2.24) is 19.9 Å². The van der Waals surface area contributed by atoms with Crippen LogP contribution in [0.2, 0.25) is 0 Å². The Bertz CT molecular complexity index is 430. The van der Waals surface area contributed by atoms with Gasteiger partial charge in [-0.1, -0.05) is 0 Å². The summed E-state index contributed by atoms with van der Waals surface area (Å²) in [6, 6.07) is 0. The Hall–Kier alpha value is -2.05. The minimum absolute atomic E-state index is 0.0817. The number of rotatable bonds is 1. The standard InChI is InChI=1S/C6H8N6O/c1-12-4(7)3(2-9-12)5-10-6(8)11-13-5/h2H,7H2,1H3,(H2,8,11). The molecule has 7 heteroatoms. The first-order chi connectivity index (χ1) is 6.18. The zero-order valence-corrected chi connectivity index (χ0v) is 6.93. The Labute approximate surface area is 73.3 Å². The molecular formula is C6H8N6O. The monoisotopic (exact) mass is 180 g/mol. The van der Waals surface area contributed by atoms with Crippen LogP contribution >= 0.6 is 0 Å². The number of hydrogen-bond acceptors (Lipinski definition) is 6. The predicted octanol–water partition coefficient (Wildman–Crippen LogP) is -0.366. The van der Waals surface area contributed by atoms with Crippen molar-refractivity contribution in [2.24, 2.45) is 7.05 Å². The van der Waals surface area contributed by atoms with Crippen LogP contribution in [-0.2, 0) is 7.05 Å². The summed E-state index contributed by atoms with van der Waals surface area (Å²) < 4.78 is 6.33. The van der Waals surface area contributed by atoms with E-state index in [1.807, 2.05) is 0 Å². The van der Waals surface area contributed by atoms with Gasteiger partial charge >= 0.3 is 0 Å². The highest BCUT2D eigenvalue weighted by molar-refractivity contribution is 5.66. The minimum atomic E-state index is 0.0817. The van der Waals surface area contributed by atoms with Gasteiger partial charge in [0.25, 0.3) is 11.8 Å². The third-order valence-corrected chi connectivity index (χ3v) is 1.66. The molecule has 2 heterocycles. The van der Waals surface area contributed by atoms with Crippen molar-refractivity contribution >= 4 is 11.8 Å². The molecule has 0 aliphatic rings. The third-order valence-electron chi connectivity index (χ3n) is 1.66. The smallest absolute Gasteiger partial charge is 0.264 e. The Balaban J connectivity index is 2.52. The Morgan fingerprint density at radius 2 is 2.23 bits per heavy atom. The van der Waals surface area contributed by atoms with Crippen molar-refractivity contribution < 1.29 is 4.52 Å². The topological polar surface area (TPSA) is 109 Å². The SMILES string of the molecule is Cn1ncc(-c2nc(N)no2)c1N. The van der Waals surface area contributed by atoms with Gasteiger partial charge in [0.05, 0.1) is 6.20 Å². The molecule has 68 valence electrons. The van der Waals surface area contributed by atoms with E-state index in [0.717, 1.165) is 0 Å². The predicted molar refractivity (Wildman–Crippen MR) is 45.3 cm³/mol. The van der Waals surface area contributed by atoms with E-state index >= 15 is 0 Å². The highest BCUT2D eigenvalue weighted by Crippen LogP contribution is 2.22. The fourth-order valence-electron chi connectivity index (χ4n) is 0.956. The van der Waals surface area contributed by atoms with Gasteiger partial charge in [-0.2, -0.15) is 10.1 Å². The van der Waals surface area contributed by atoms with Gasteiger partial charge in [0.2, 0.25) is 0 Å². The van der Waals surface area contributed by atoms with Crippen LogP contribution in [0.15, 0.2) is 10.7 Å². The highest BCUT2D eigenvalue weighted by Gasteiger charge is 2.13. The van der Waals surface area contributed by atoms with Crippen LogP contribution in [0.3, 0.4) is 0 Å². The highest BCUT2D eigenvalue weighted by atomic mass is 16.5. The molecule has 7 nitrogen and oxygen atoms in total. The van der Waals surface area contributed by atoms with Gasteiger partial charge in [0.1, 0.15) is 11.4 Å². The van der Waals surface area contributed by atoms with Gasteiger partial charge in [0, 0.05) is 7.05 Å². The van der Waals surface area contributed by atoms with E-state index in [1.165, 1.54) is 4.68 Å². The Morgan fingerprint density at radius 1 is 1.46 bits per heavy atom. The van der Waals surface area contributed by atoms with Crippen molar-refractivity contribution in [2.75, 3.05) is 11.5 Å². The molecule has 0 bridgehead atoms. The van der Waals surface area contributed by atoms with Crippen LogP contribution in [0.1, 0.15) is 0 Å². The number of nitrogen functional groups attached to an aromatic ring is 2. The maximum Gasteiger partial charge on any atom is 0.264 e. The maximum absolute atomic E-state index is 5.68. The molecule has 2 aromatic rings. The van der Waals surface area contributed by atoms with Crippen molar-refractivity contribution in [2.45, 2.75) is 0 Å². The lowest BCUT2D eigenvalue weighted by Crippen LogP contribution is -1.98. The normalized spacial score (nSPS) is 10.5. The van der Waals surface area contributed by atoms with Crippen LogP contribution in [-0.4, -0.2) is 19.9 Å². The molecule has 2 rings (SSSR count). The molecule has 0 atom stereocenters. The van der Waals surface area contributed by atoms with Crippen LogP contribution in [0.4, 0.5) is 11.8 Å². The second kappa shape index (κ2) is 2.47. The number of hydrogen-bond donors (Lipinski definition) is 2. The molecule has 13 heavy (non-hydrogen) atoms. The number of anilines is 2. The van der Waals surface area contributed by atoms with E-state index in [-0.39, 0.29) is 11.8 Å². The summed E-state index contributed by atoms with van der Waals surface area (Å²) in [5.74, 6) is 0.824. The first-order valence-electron chi connectivity index (χ1n) is 3.55.